The summed E-state index contributed by atoms with van der Waals surface area (Å²) < 4.78 is 10.5. The van der Waals surface area contributed by atoms with Crippen LogP contribution in [0.5, 0.6) is 11.5 Å². The first-order chi connectivity index (χ1) is 9.63. The second-order valence-electron chi connectivity index (χ2n) is 3.86. The van der Waals surface area contributed by atoms with Gasteiger partial charge in [0, 0.05) is 20.0 Å². The summed E-state index contributed by atoms with van der Waals surface area (Å²) in [6, 6.07) is 6.78. The molecule has 0 aliphatic carbocycles. The molecule has 0 aliphatic rings. The van der Waals surface area contributed by atoms with Gasteiger partial charge in [0.05, 0.1) is 7.11 Å². The van der Waals surface area contributed by atoms with E-state index < -0.39 is 0 Å². The fraction of sp³-hybridized carbons (Fsp3) is 0.385. The standard InChI is InChI=1S/C13H19N3O4/c1-10(17)14-7-8-15-13(18)16-9-20-12-6-4-3-5-11(12)19-2/h3-6H,7-9H2,1-2H3,(H,14,17)(H2,15,16,18). The Bertz CT molecular complexity index is 451. The number of methoxy groups -OCH3 is 1. The first kappa shape index (κ1) is 15.6. The number of para-hydroxylation sites is 2. The van der Waals surface area contributed by atoms with Gasteiger partial charge < -0.3 is 25.4 Å². The molecule has 7 nitrogen and oxygen atoms in total. The number of ether oxygens (including phenoxy) is 2. The molecule has 1 aromatic carbocycles. The predicted octanol–water partition coefficient (Wildman–Crippen LogP) is 0.467. The van der Waals surface area contributed by atoms with Crippen molar-refractivity contribution in [2.75, 3.05) is 26.9 Å². The molecule has 0 aliphatic heterocycles. The molecule has 1 rings (SSSR count). The summed E-state index contributed by atoms with van der Waals surface area (Å²) in [5, 5.41) is 7.68. The van der Waals surface area contributed by atoms with Gasteiger partial charge in [-0.15, -0.1) is 0 Å². The molecule has 20 heavy (non-hydrogen) atoms. The highest BCUT2D eigenvalue weighted by Gasteiger charge is 2.03. The van der Waals surface area contributed by atoms with Crippen molar-refractivity contribution in [1.82, 2.24) is 16.0 Å². The molecular formula is C13H19N3O4. The molecule has 0 fully saturated rings. The second-order valence-corrected chi connectivity index (χ2v) is 3.86. The quantitative estimate of drug-likeness (QED) is 0.500. The number of nitrogens with one attached hydrogen (secondary N) is 3. The normalized spacial score (nSPS) is 9.50. The van der Waals surface area contributed by atoms with Crippen LogP contribution in [0.15, 0.2) is 24.3 Å². The topological polar surface area (TPSA) is 88.7 Å². The third-order valence-corrected chi connectivity index (χ3v) is 2.31. The number of carbonyl (C=O) groups is 2. The number of hydrogen-bond donors (Lipinski definition) is 3. The number of rotatable bonds is 7. The third kappa shape index (κ3) is 5.94. The lowest BCUT2D eigenvalue weighted by molar-refractivity contribution is -0.118. The molecule has 3 N–H and O–H groups in total. The van der Waals surface area contributed by atoms with Gasteiger partial charge in [-0.25, -0.2) is 4.79 Å². The van der Waals surface area contributed by atoms with Crippen LogP contribution >= 0.6 is 0 Å². The van der Waals surface area contributed by atoms with E-state index in [1.54, 1.807) is 19.2 Å². The average Bonchev–Trinajstić information content (AvgIpc) is 2.44. The summed E-state index contributed by atoms with van der Waals surface area (Å²) in [7, 11) is 1.55. The van der Waals surface area contributed by atoms with Gasteiger partial charge in [-0.1, -0.05) is 12.1 Å². The minimum absolute atomic E-state index is 0.0202. The highest BCUT2D eigenvalue weighted by Crippen LogP contribution is 2.25. The Kier molecular flexibility index (Phi) is 6.74. The van der Waals surface area contributed by atoms with Crippen molar-refractivity contribution in [2.45, 2.75) is 6.92 Å². The molecule has 0 aromatic heterocycles. The van der Waals surface area contributed by atoms with Crippen molar-refractivity contribution in [3.63, 3.8) is 0 Å². The molecule has 7 heteroatoms. The van der Waals surface area contributed by atoms with Crippen LogP contribution < -0.4 is 25.4 Å². The lowest BCUT2D eigenvalue weighted by Gasteiger charge is -2.11. The highest BCUT2D eigenvalue weighted by molar-refractivity contribution is 5.74. The van der Waals surface area contributed by atoms with E-state index in [9.17, 15) is 9.59 Å². The van der Waals surface area contributed by atoms with E-state index in [4.69, 9.17) is 9.47 Å². The van der Waals surface area contributed by atoms with Crippen LogP contribution in [0.4, 0.5) is 4.79 Å². The third-order valence-electron chi connectivity index (χ3n) is 2.31. The van der Waals surface area contributed by atoms with Crippen LogP contribution in [0, 0.1) is 0 Å². The van der Waals surface area contributed by atoms with Crippen LogP contribution in [0.3, 0.4) is 0 Å². The minimum atomic E-state index is -0.370. The van der Waals surface area contributed by atoms with Gasteiger partial charge >= 0.3 is 6.03 Å². The summed E-state index contributed by atoms with van der Waals surface area (Å²) in [6.45, 7) is 2.17. The van der Waals surface area contributed by atoms with Crippen molar-refractivity contribution in [1.29, 1.82) is 0 Å². The van der Waals surface area contributed by atoms with E-state index in [0.717, 1.165) is 0 Å². The van der Waals surface area contributed by atoms with Gasteiger partial charge in [-0.05, 0) is 12.1 Å². The van der Waals surface area contributed by atoms with E-state index in [2.05, 4.69) is 16.0 Å². The van der Waals surface area contributed by atoms with Gasteiger partial charge in [0.15, 0.2) is 18.2 Å². The number of carbonyl (C=O) groups excluding carboxylic acids is 2. The van der Waals surface area contributed by atoms with Crippen molar-refractivity contribution >= 4 is 11.9 Å². The van der Waals surface area contributed by atoms with Gasteiger partial charge in [0.2, 0.25) is 5.91 Å². The fourth-order valence-electron chi connectivity index (χ4n) is 1.39. The zero-order valence-corrected chi connectivity index (χ0v) is 11.6. The van der Waals surface area contributed by atoms with Crippen LogP contribution in [0.25, 0.3) is 0 Å². The second kappa shape index (κ2) is 8.63. The summed E-state index contributed by atoms with van der Waals surface area (Å²) >= 11 is 0. The number of benzene rings is 1. The summed E-state index contributed by atoms with van der Waals surface area (Å²) in [4.78, 5) is 22.0. The van der Waals surface area contributed by atoms with Gasteiger partial charge in [-0.2, -0.15) is 0 Å². The van der Waals surface area contributed by atoms with E-state index in [0.29, 0.717) is 24.6 Å². The predicted molar refractivity (Wildman–Crippen MR) is 73.7 cm³/mol. The van der Waals surface area contributed by atoms with E-state index in [-0.39, 0.29) is 18.7 Å². The fourth-order valence-corrected chi connectivity index (χ4v) is 1.39. The van der Waals surface area contributed by atoms with Gasteiger partial charge in [0.1, 0.15) is 0 Å². The lowest BCUT2D eigenvalue weighted by atomic mass is 10.3. The van der Waals surface area contributed by atoms with Gasteiger partial charge in [-0.3, -0.25) is 4.79 Å². The Balaban J connectivity index is 2.20. The maximum atomic E-state index is 11.4. The Labute approximate surface area is 117 Å². The molecule has 0 saturated heterocycles. The molecular weight excluding hydrogens is 262 g/mol. The van der Waals surface area contributed by atoms with Crippen LogP contribution in [0.1, 0.15) is 6.92 Å². The number of urea groups is 1. The molecule has 0 unspecified atom stereocenters. The van der Waals surface area contributed by atoms with Crippen LogP contribution in [-0.4, -0.2) is 38.9 Å². The minimum Gasteiger partial charge on any atom is -0.493 e. The molecule has 0 radical (unpaired) electrons. The molecule has 3 amide bonds. The monoisotopic (exact) mass is 281 g/mol. The van der Waals surface area contributed by atoms with E-state index >= 15 is 0 Å². The highest BCUT2D eigenvalue weighted by atomic mass is 16.5. The zero-order valence-electron chi connectivity index (χ0n) is 11.6. The van der Waals surface area contributed by atoms with E-state index in [1.165, 1.54) is 6.92 Å². The number of hydrogen-bond acceptors (Lipinski definition) is 4. The SMILES string of the molecule is COc1ccccc1OCNC(=O)NCCNC(C)=O. The number of amides is 3. The van der Waals surface area contributed by atoms with Crippen molar-refractivity contribution < 1.29 is 19.1 Å². The van der Waals surface area contributed by atoms with Crippen molar-refractivity contribution in [3.8, 4) is 11.5 Å². The summed E-state index contributed by atoms with van der Waals surface area (Å²) in [6.07, 6.45) is 0. The smallest absolute Gasteiger partial charge is 0.317 e. The van der Waals surface area contributed by atoms with Crippen molar-refractivity contribution in [2.24, 2.45) is 0 Å². The summed E-state index contributed by atoms with van der Waals surface area (Å²) in [5.74, 6) is 1.01. The van der Waals surface area contributed by atoms with Crippen LogP contribution in [0.2, 0.25) is 0 Å². The average molecular weight is 281 g/mol. The molecule has 1 aromatic rings. The van der Waals surface area contributed by atoms with Crippen LogP contribution in [-0.2, 0) is 4.79 Å². The molecule has 0 spiro atoms. The lowest BCUT2D eigenvalue weighted by Crippen LogP contribution is -2.41. The Morgan fingerprint density at radius 2 is 1.70 bits per heavy atom. The first-order valence-electron chi connectivity index (χ1n) is 6.15. The van der Waals surface area contributed by atoms with Gasteiger partial charge in [0.25, 0.3) is 0 Å². The molecule has 0 atom stereocenters. The Hall–Kier alpha value is -2.44. The van der Waals surface area contributed by atoms with E-state index in [1.807, 2.05) is 12.1 Å². The zero-order chi connectivity index (χ0) is 14.8. The molecule has 0 heterocycles. The largest absolute Gasteiger partial charge is 0.493 e. The molecule has 110 valence electrons. The first-order valence-corrected chi connectivity index (χ1v) is 6.15. The maximum absolute atomic E-state index is 11.4. The molecule has 0 bridgehead atoms. The Morgan fingerprint density at radius 1 is 1.05 bits per heavy atom. The Morgan fingerprint density at radius 3 is 2.35 bits per heavy atom. The van der Waals surface area contributed by atoms with Crippen molar-refractivity contribution in [3.05, 3.63) is 24.3 Å². The summed E-state index contributed by atoms with van der Waals surface area (Å²) in [5.41, 5.74) is 0. The molecule has 0 saturated carbocycles. The maximum Gasteiger partial charge on any atom is 0.317 e.